The van der Waals surface area contributed by atoms with Crippen LogP contribution in [0.3, 0.4) is 0 Å². The zero-order valence-electron chi connectivity index (χ0n) is 14.0. The number of rotatable bonds is 8. The number of tetrazole rings is 1. The Hall–Kier alpha value is -2.13. The third kappa shape index (κ3) is 4.93. The van der Waals surface area contributed by atoms with Crippen LogP contribution in [-0.2, 0) is 16.0 Å². The molecule has 0 saturated carbocycles. The van der Waals surface area contributed by atoms with Crippen molar-refractivity contribution >= 4 is 17.7 Å². The highest BCUT2D eigenvalue weighted by Gasteiger charge is 2.18. The Kier molecular flexibility index (Phi) is 6.24. The second kappa shape index (κ2) is 8.82. The maximum Gasteiger partial charge on any atom is 0.337 e. The second-order valence-electron chi connectivity index (χ2n) is 5.49. The van der Waals surface area contributed by atoms with Gasteiger partial charge in [-0.15, -0.1) is 5.10 Å². The minimum Gasteiger partial charge on any atom is -0.493 e. The molecule has 1 aromatic carbocycles. The maximum atomic E-state index is 11.5. The average Bonchev–Trinajstić information content (AvgIpc) is 3.31. The number of ether oxygens (including phenoxy) is 3. The predicted octanol–water partition coefficient (Wildman–Crippen LogP) is 1.81. The van der Waals surface area contributed by atoms with Gasteiger partial charge in [-0.3, -0.25) is 0 Å². The molecular weight excluding hydrogens is 344 g/mol. The van der Waals surface area contributed by atoms with Gasteiger partial charge in [0.1, 0.15) is 5.75 Å². The van der Waals surface area contributed by atoms with Gasteiger partial charge in [0.05, 0.1) is 31.9 Å². The topological polar surface area (TPSA) is 88.4 Å². The van der Waals surface area contributed by atoms with Crippen molar-refractivity contribution in [3.63, 3.8) is 0 Å². The lowest BCUT2D eigenvalue weighted by molar-refractivity contribution is 0.0600. The Morgan fingerprint density at radius 2 is 2.40 bits per heavy atom. The minimum absolute atomic E-state index is 0.195. The van der Waals surface area contributed by atoms with Gasteiger partial charge in [-0.1, -0.05) is 17.8 Å². The lowest BCUT2D eigenvalue weighted by Gasteiger charge is -2.10. The number of nitrogens with zero attached hydrogens (tertiary/aromatic N) is 4. The molecule has 1 aliphatic heterocycles. The SMILES string of the molecule is COC(=O)c1cccc(OCCSc2nnnn2C[C@@H]2CCCO2)c1. The summed E-state index contributed by atoms with van der Waals surface area (Å²) in [6, 6.07) is 6.92. The summed E-state index contributed by atoms with van der Waals surface area (Å²) < 4.78 is 17.8. The van der Waals surface area contributed by atoms with E-state index in [0.717, 1.165) is 24.6 Å². The molecule has 1 aromatic heterocycles. The molecule has 1 aliphatic rings. The van der Waals surface area contributed by atoms with Gasteiger partial charge in [-0.2, -0.15) is 0 Å². The van der Waals surface area contributed by atoms with Crippen LogP contribution in [0.2, 0.25) is 0 Å². The number of methoxy groups -OCH3 is 1. The molecule has 2 heterocycles. The molecule has 1 fully saturated rings. The summed E-state index contributed by atoms with van der Waals surface area (Å²) in [6.07, 6.45) is 2.33. The number of carbonyl (C=O) groups is 1. The van der Waals surface area contributed by atoms with Gasteiger partial charge in [0.15, 0.2) is 0 Å². The van der Waals surface area contributed by atoms with Crippen LogP contribution in [-0.4, -0.2) is 58.4 Å². The molecular formula is C16H20N4O4S. The van der Waals surface area contributed by atoms with Crippen molar-refractivity contribution in [2.75, 3.05) is 26.1 Å². The first-order valence-electron chi connectivity index (χ1n) is 8.08. The first-order chi connectivity index (χ1) is 12.3. The Bertz CT molecular complexity index is 703. The van der Waals surface area contributed by atoms with Crippen molar-refractivity contribution in [2.24, 2.45) is 0 Å². The standard InChI is InChI=1S/C16H20N4O4S/c1-22-15(21)12-4-2-5-13(10-12)24-8-9-25-16-17-18-19-20(16)11-14-6-3-7-23-14/h2,4-5,10,14H,3,6-9,11H2,1H3/t14-/m0/s1. The Balaban J connectivity index is 1.46. The minimum atomic E-state index is -0.381. The summed E-state index contributed by atoms with van der Waals surface area (Å²) in [5.41, 5.74) is 0.466. The lowest BCUT2D eigenvalue weighted by Crippen LogP contribution is -2.17. The molecule has 9 heteroatoms. The fraction of sp³-hybridized carbons (Fsp3) is 0.500. The van der Waals surface area contributed by atoms with Gasteiger partial charge in [-0.05, 0) is 41.5 Å². The molecule has 0 spiro atoms. The van der Waals surface area contributed by atoms with Crippen molar-refractivity contribution in [3.8, 4) is 5.75 Å². The molecule has 0 unspecified atom stereocenters. The number of thioether (sulfide) groups is 1. The Morgan fingerprint density at radius 1 is 1.48 bits per heavy atom. The van der Waals surface area contributed by atoms with Crippen molar-refractivity contribution in [1.29, 1.82) is 0 Å². The number of aromatic nitrogens is 4. The highest BCUT2D eigenvalue weighted by molar-refractivity contribution is 7.99. The molecule has 134 valence electrons. The van der Waals surface area contributed by atoms with Gasteiger partial charge < -0.3 is 14.2 Å². The van der Waals surface area contributed by atoms with E-state index < -0.39 is 0 Å². The van der Waals surface area contributed by atoms with Crippen LogP contribution in [0.5, 0.6) is 5.75 Å². The van der Waals surface area contributed by atoms with Crippen molar-refractivity contribution in [2.45, 2.75) is 30.6 Å². The first-order valence-corrected chi connectivity index (χ1v) is 9.06. The predicted molar refractivity (Wildman–Crippen MR) is 90.8 cm³/mol. The molecule has 1 atom stereocenters. The molecule has 0 aliphatic carbocycles. The van der Waals surface area contributed by atoms with Crippen LogP contribution >= 0.6 is 11.8 Å². The highest BCUT2D eigenvalue weighted by atomic mass is 32.2. The fourth-order valence-electron chi connectivity index (χ4n) is 2.52. The van der Waals surface area contributed by atoms with Crippen LogP contribution in [0.25, 0.3) is 0 Å². The largest absolute Gasteiger partial charge is 0.493 e. The summed E-state index contributed by atoms with van der Waals surface area (Å²) >= 11 is 1.53. The van der Waals surface area contributed by atoms with Crippen LogP contribution in [0.4, 0.5) is 0 Å². The maximum absolute atomic E-state index is 11.5. The van der Waals surface area contributed by atoms with Gasteiger partial charge in [0.25, 0.3) is 0 Å². The molecule has 0 N–H and O–H groups in total. The zero-order chi connectivity index (χ0) is 17.5. The van der Waals surface area contributed by atoms with Gasteiger partial charge in [0, 0.05) is 12.4 Å². The van der Waals surface area contributed by atoms with Crippen molar-refractivity contribution in [1.82, 2.24) is 20.2 Å². The number of carbonyl (C=O) groups excluding carboxylic acids is 1. The number of hydrogen-bond donors (Lipinski definition) is 0. The van der Waals surface area contributed by atoms with Crippen LogP contribution in [0.1, 0.15) is 23.2 Å². The first kappa shape index (κ1) is 17.7. The van der Waals surface area contributed by atoms with E-state index in [1.165, 1.54) is 18.9 Å². The van der Waals surface area contributed by atoms with Crippen molar-refractivity contribution in [3.05, 3.63) is 29.8 Å². The monoisotopic (exact) mass is 364 g/mol. The van der Waals surface area contributed by atoms with Gasteiger partial charge >= 0.3 is 5.97 Å². The van der Waals surface area contributed by atoms with Crippen molar-refractivity contribution < 1.29 is 19.0 Å². The van der Waals surface area contributed by atoms with E-state index in [4.69, 9.17) is 14.2 Å². The summed E-state index contributed by atoms with van der Waals surface area (Å²) in [7, 11) is 1.35. The van der Waals surface area contributed by atoms with E-state index in [0.29, 0.717) is 30.2 Å². The van der Waals surface area contributed by atoms with E-state index in [9.17, 15) is 4.79 Å². The fourth-order valence-corrected chi connectivity index (χ4v) is 3.22. The highest BCUT2D eigenvalue weighted by Crippen LogP contribution is 2.19. The molecule has 8 nitrogen and oxygen atoms in total. The van der Waals surface area contributed by atoms with E-state index in [2.05, 4.69) is 15.5 Å². The third-order valence-electron chi connectivity index (χ3n) is 3.74. The van der Waals surface area contributed by atoms with Crippen LogP contribution in [0.15, 0.2) is 29.4 Å². The van der Waals surface area contributed by atoms with E-state index in [-0.39, 0.29) is 12.1 Å². The Morgan fingerprint density at radius 3 is 3.20 bits per heavy atom. The zero-order valence-corrected chi connectivity index (χ0v) is 14.8. The molecule has 3 rings (SSSR count). The van der Waals surface area contributed by atoms with Gasteiger partial charge in [0.2, 0.25) is 5.16 Å². The average molecular weight is 364 g/mol. The summed E-state index contributed by atoms with van der Waals surface area (Å²) in [4.78, 5) is 11.5. The molecule has 25 heavy (non-hydrogen) atoms. The molecule has 1 saturated heterocycles. The van der Waals surface area contributed by atoms with E-state index >= 15 is 0 Å². The summed E-state index contributed by atoms with van der Waals surface area (Å²) in [6.45, 7) is 1.97. The normalized spacial score (nSPS) is 16.8. The Labute approximate surface area is 149 Å². The van der Waals surface area contributed by atoms with E-state index in [1.54, 1.807) is 28.9 Å². The van der Waals surface area contributed by atoms with E-state index in [1.807, 2.05) is 0 Å². The lowest BCUT2D eigenvalue weighted by atomic mass is 10.2. The summed E-state index contributed by atoms with van der Waals surface area (Å²) in [5, 5.41) is 12.6. The van der Waals surface area contributed by atoms with Crippen LogP contribution < -0.4 is 4.74 Å². The number of hydrogen-bond acceptors (Lipinski definition) is 8. The quantitative estimate of drug-likeness (QED) is 0.398. The smallest absolute Gasteiger partial charge is 0.337 e. The number of benzene rings is 1. The molecule has 0 amide bonds. The molecule has 2 aromatic rings. The third-order valence-corrected chi connectivity index (χ3v) is 4.66. The van der Waals surface area contributed by atoms with Gasteiger partial charge in [-0.25, -0.2) is 9.48 Å². The number of esters is 1. The van der Waals surface area contributed by atoms with Crippen LogP contribution in [0, 0.1) is 0 Å². The molecule has 0 bridgehead atoms. The second-order valence-corrected chi connectivity index (χ2v) is 6.56. The summed E-state index contributed by atoms with van der Waals surface area (Å²) in [5.74, 6) is 0.935. The molecule has 0 radical (unpaired) electrons.